The van der Waals surface area contributed by atoms with Crippen molar-refractivity contribution in [3.8, 4) is 0 Å². The van der Waals surface area contributed by atoms with E-state index < -0.39 is 0 Å². The van der Waals surface area contributed by atoms with Gasteiger partial charge in [-0.05, 0) is 19.3 Å². The van der Waals surface area contributed by atoms with Gasteiger partial charge in [0.25, 0.3) is 0 Å². The Morgan fingerprint density at radius 1 is 1.40 bits per heavy atom. The second-order valence-corrected chi connectivity index (χ2v) is 3.17. The van der Waals surface area contributed by atoms with Crippen molar-refractivity contribution < 1.29 is 0 Å². The molecule has 0 aromatic carbocycles. The summed E-state index contributed by atoms with van der Waals surface area (Å²) in [5.74, 6) is 0.641. The molecule has 0 saturated heterocycles. The first-order chi connectivity index (χ1) is 4.04. The molecule has 0 aliphatic rings. The van der Waals surface area contributed by atoms with Crippen molar-refractivity contribution in [2.24, 2.45) is 11.7 Å². The molecule has 0 bridgehead atoms. The normalized spacial score (nSPS) is 18.9. The van der Waals surface area contributed by atoms with Gasteiger partial charge in [-0.3, -0.25) is 0 Å². The van der Waals surface area contributed by atoms with Crippen molar-refractivity contribution in [2.75, 3.05) is 0 Å². The van der Waals surface area contributed by atoms with Crippen LogP contribution >= 0.6 is 17.0 Å². The molecule has 2 heteroatoms. The first-order valence-corrected chi connectivity index (χ1v) is 3.83. The average molecular weight is 210 g/mol. The van der Waals surface area contributed by atoms with Gasteiger partial charge >= 0.3 is 0 Å². The fourth-order valence-electron chi connectivity index (χ4n) is 0.815. The van der Waals surface area contributed by atoms with Crippen LogP contribution in [0, 0.1) is 5.92 Å². The monoisotopic (exact) mass is 209 g/mol. The lowest BCUT2D eigenvalue weighted by atomic mass is 9.84. The summed E-state index contributed by atoms with van der Waals surface area (Å²) in [6.45, 7) is 8.67. The molecule has 0 rings (SSSR count). The molecule has 0 heterocycles. The first kappa shape index (κ1) is 13.1. The summed E-state index contributed by atoms with van der Waals surface area (Å²) >= 11 is 0. The van der Waals surface area contributed by atoms with Gasteiger partial charge in [0.05, 0.1) is 0 Å². The predicted octanol–water partition coefficient (Wildman–Crippen LogP) is 2.74. The van der Waals surface area contributed by atoms with Gasteiger partial charge < -0.3 is 5.73 Å². The Bertz CT molecular complexity index is 81.3. The van der Waals surface area contributed by atoms with Crippen LogP contribution in [-0.4, -0.2) is 5.54 Å². The average Bonchev–Trinajstić information content (AvgIpc) is 1.86. The predicted molar refractivity (Wildman–Crippen MR) is 52.7 cm³/mol. The van der Waals surface area contributed by atoms with Gasteiger partial charge in [0.2, 0.25) is 0 Å². The van der Waals surface area contributed by atoms with Crippen LogP contribution in [0.4, 0.5) is 0 Å². The summed E-state index contributed by atoms with van der Waals surface area (Å²) in [5, 5.41) is 0. The molecule has 64 valence electrons. The molecule has 0 aromatic rings. The topological polar surface area (TPSA) is 26.0 Å². The second-order valence-electron chi connectivity index (χ2n) is 3.17. The maximum atomic E-state index is 5.97. The van der Waals surface area contributed by atoms with Gasteiger partial charge in [-0.25, -0.2) is 0 Å². The van der Waals surface area contributed by atoms with Crippen molar-refractivity contribution >= 4 is 17.0 Å². The lowest BCUT2D eigenvalue weighted by Crippen LogP contribution is -2.41. The number of halogens is 1. The molecular weight excluding hydrogens is 190 g/mol. The Morgan fingerprint density at radius 3 is 1.90 bits per heavy atom. The molecule has 0 saturated carbocycles. The summed E-state index contributed by atoms with van der Waals surface area (Å²) in [4.78, 5) is 0. The van der Waals surface area contributed by atoms with E-state index in [0.29, 0.717) is 5.92 Å². The largest absolute Gasteiger partial charge is 0.325 e. The molecule has 0 amide bonds. The van der Waals surface area contributed by atoms with Gasteiger partial charge in [0, 0.05) is 5.54 Å². The van der Waals surface area contributed by atoms with E-state index in [1.54, 1.807) is 0 Å². The standard InChI is InChI=1S/C8H19N.BrH/c1-5-7(3)8(4,9)6-2;/h7H,5-6,9H2,1-4H3;1H. The van der Waals surface area contributed by atoms with Crippen LogP contribution in [0.5, 0.6) is 0 Å². The molecule has 2 atom stereocenters. The zero-order valence-electron chi connectivity index (χ0n) is 7.48. The van der Waals surface area contributed by atoms with Gasteiger partial charge in [0.1, 0.15) is 0 Å². The number of rotatable bonds is 3. The minimum atomic E-state index is 0. The van der Waals surface area contributed by atoms with Crippen LogP contribution in [0.2, 0.25) is 0 Å². The van der Waals surface area contributed by atoms with E-state index in [1.165, 1.54) is 6.42 Å². The Labute approximate surface area is 75.1 Å². The van der Waals surface area contributed by atoms with E-state index in [9.17, 15) is 0 Å². The van der Waals surface area contributed by atoms with Crippen LogP contribution in [-0.2, 0) is 0 Å². The van der Waals surface area contributed by atoms with Crippen LogP contribution in [0.25, 0.3) is 0 Å². The molecule has 0 radical (unpaired) electrons. The molecule has 0 aromatic heterocycles. The van der Waals surface area contributed by atoms with E-state index in [2.05, 4.69) is 27.7 Å². The maximum absolute atomic E-state index is 5.97. The van der Waals surface area contributed by atoms with E-state index in [-0.39, 0.29) is 22.5 Å². The Kier molecular flexibility index (Phi) is 6.71. The summed E-state index contributed by atoms with van der Waals surface area (Å²) in [6.07, 6.45) is 2.25. The van der Waals surface area contributed by atoms with E-state index in [1.807, 2.05) is 0 Å². The first-order valence-electron chi connectivity index (χ1n) is 3.83. The van der Waals surface area contributed by atoms with Gasteiger partial charge in [0.15, 0.2) is 0 Å². The fraction of sp³-hybridized carbons (Fsp3) is 1.00. The van der Waals surface area contributed by atoms with Gasteiger partial charge in [-0.15, -0.1) is 17.0 Å². The molecule has 2 unspecified atom stereocenters. The minimum absolute atomic E-state index is 0. The van der Waals surface area contributed by atoms with E-state index in [0.717, 1.165) is 6.42 Å². The lowest BCUT2D eigenvalue weighted by Gasteiger charge is -2.29. The lowest BCUT2D eigenvalue weighted by molar-refractivity contribution is 0.299. The quantitative estimate of drug-likeness (QED) is 0.761. The fourth-order valence-corrected chi connectivity index (χ4v) is 0.815. The molecule has 0 aliphatic heterocycles. The molecule has 0 aliphatic carbocycles. The van der Waals surface area contributed by atoms with Crippen LogP contribution in [0.3, 0.4) is 0 Å². The third-order valence-electron chi connectivity index (χ3n) is 2.50. The molecule has 0 spiro atoms. The molecular formula is C8H20BrN. The number of hydrogen-bond acceptors (Lipinski definition) is 1. The SMILES string of the molecule is Br.CCC(C)C(C)(N)CC. The van der Waals surface area contributed by atoms with Crippen molar-refractivity contribution in [3.63, 3.8) is 0 Å². The van der Waals surface area contributed by atoms with Crippen molar-refractivity contribution in [1.82, 2.24) is 0 Å². The van der Waals surface area contributed by atoms with Gasteiger partial charge in [-0.2, -0.15) is 0 Å². The zero-order chi connectivity index (χ0) is 7.49. The van der Waals surface area contributed by atoms with Crippen LogP contribution in [0.15, 0.2) is 0 Å². The third kappa shape index (κ3) is 3.57. The molecule has 0 fully saturated rings. The van der Waals surface area contributed by atoms with E-state index >= 15 is 0 Å². The summed E-state index contributed by atoms with van der Waals surface area (Å²) in [5.41, 5.74) is 6.02. The summed E-state index contributed by atoms with van der Waals surface area (Å²) in [7, 11) is 0. The zero-order valence-corrected chi connectivity index (χ0v) is 9.19. The maximum Gasteiger partial charge on any atom is 0.0148 e. The summed E-state index contributed by atoms with van der Waals surface area (Å²) < 4.78 is 0. The Balaban J connectivity index is 0. The highest BCUT2D eigenvalue weighted by Crippen LogP contribution is 2.19. The Hall–Kier alpha value is 0.440. The van der Waals surface area contributed by atoms with Crippen LogP contribution in [0.1, 0.15) is 40.5 Å². The highest BCUT2D eigenvalue weighted by molar-refractivity contribution is 8.93. The number of hydrogen-bond donors (Lipinski definition) is 1. The molecule has 10 heavy (non-hydrogen) atoms. The summed E-state index contributed by atoms with van der Waals surface area (Å²) in [6, 6.07) is 0. The minimum Gasteiger partial charge on any atom is -0.325 e. The van der Waals surface area contributed by atoms with Gasteiger partial charge in [-0.1, -0.05) is 27.2 Å². The van der Waals surface area contributed by atoms with Crippen molar-refractivity contribution in [1.29, 1.82) is 0 Å². The second kappa shape index (κ2) is 5.14. The highest BCUT2D eigenvalue weighted by Gasteiger charge is 2.21. The van der Waals surface area contributed by atoms with Crippen molar-refractivity contribution in [2.45, 2.75) is 46.1 Å². The number of nitrogens with two attached hydrogens (primary N) is 1. The van der Waals surface area contributed by atoms with Crippen LogP contribution < -0.4 is 5.73 Å². The third-order valence-corrected chi connectivity index (χ3v) is 2.50. The van der Waals surface area contributed by atoms with Crippen molar-refractivity contribution in [3.05, 3.63) is 0 Å². The smallest absolute Gasteiger partial charge is 0.0148 e. The van der Waals surface area contributed by atoms with E-state index in [4.69, 9.17) is 5.73 Å². The molecule has 1 nitrogen and oxygen atoms in total. The Morgan fingerprint density at radius 2 is 1.80 bits per heavy atom. The highest BCUT2D eigenvalue weighted by atomic mass is 79.9. The molecule has 2 N–H and O–H groups in total.